The summed E-state index contributed by atoms with van der Waals surface area (Å²) in [5, 5.41) is -0.275. The maximum atomic E-state index is 11.6. The van der Waals surface area contributed by atoms with Gasteiger partial charge in [-0.3, -0.25) is 0 Å². The van der Waals surface area contributed by atoms with Gasteiger partial charge in [-0.15, -0.1) is 11.6 Å². The molecule has 0 aromatic heterocycles. The standard InChI is InChI=1S/C10H18ClNO2S/c11-9-15(13,14)12-7-6-10(8-12)4-2-1-3-5-10/h1-9H2. The van der Waals surface area contributed by atoms with Gasteiger partial charge in [0.2, 0.25) is 10.0 Å². The molecule has 2 aliphatic rings. The van der Waals surface area contributed by atoms with E-state index in [0.29, 0.717) is 13.1 Å². The predicted octanol–water partition coefficient (Wildman–Crippen LogP) is 2.17. The molecule has 1 heterocycles. The van der Waals surface area contributed by atoms with E-state index in [-0.39, 0.29) is 10.6 Å². The van der Waals surface area contributed by atoms with Crippen LogP contribution in [0.15, 0.2) is 0 Å². The van der Waals surface area contributed by atoms with Crippen LogP contribution in [0.1, 0.15) is 38.5 Å². The van der Waals surface area contributed by atoms with Crippen molar-refractivity contribution in [3.05, 3.63) is 0 Å². The Morgan fingerprint density at radius 2 is 1.80 bits per heavy atom. The first kappa shape index (κ1) is 11.7. The molecule has 0 aromatic carbocycles. The number of rotatable bonds is 2. The van der Waals surface area contributed by atoms with E-state index in [1.807, 2.05) is 0 Å². The van der Waals surface area contributed by atoms with Crippen molar-refractivity contribution < 1.29 is 8.42 Å². The molecule has 1 saturated carbocycles. The van der Waals surface area contributed by atoms with Gasteiger partial charge in [-0.25, -0.2) is 12.7 Å². The van der Waals surface area contributed by atoms with E-state index in [2.05, 4.69) is 0 Å². The topological polar surface area (TPSA) is 37.4 Å². The van der Waals surface area contributed by atoms with Crippen LogP contribution in [-0.2, 0) is 10.0 Å². The molecule has 5 heteroatoms. The number of sulfonamides is 1. The second-order valence-electron chi connectivity index (χ2n) is 4.87. The Kier molecular flexibility index (Phi) is 3.29. The highest BCUT2D eigenvalue weighted by Crippen LogP contribution is 2.44. The average Bonchev–Trinajstić information content (AvgIpc) is 2.64. The van der Waals surface area contributed by atoms with Gasteiger partial charge in [0.15, 0.2) is 0 Å². The number of alkyl halides is 1. The highest BCUT2D eigenvalue weighted by Gasteiger charge is 2.42. The van der Waals surface area contributed by atoms with E-state index < -0.39 is 10.0 Å². The first-order valence-corrected chi connectivity index (χ1v) is 7.76. The Bertz CT molecular complexity index is 322. The fourth-order valence-electron chi connectivity index (χ4n) is 2.91. The van der Waals surface area contributed by atoms with Crippen LogP contribution in [0.5, 0.6) is 0 Å². The zero-order chi connectivity index (χ0) is 10.9. The summed E-state index contributed by atoms with van der Waals surface area (Å²) in [4.78, 5) is 0. The highest BCUT2D eigenvalue weighted by atomic mass is 35.5. The molecule has 2 fully saturated rings. The van der Waals surface area contributed by atoms with Gasteiger partial charge >= 0.3 is 0 Å². The van der Waals surface area contributed by atoms with Crippen LogP contribution in [0.3, 0.4) is 0 Å². The van der Waals surface area contributed by atoms with Crippen LogP contribution < -0.4 is 0 Å². The molecule has 0 radical (unpaired) electrons. The fourth-order valence-corrected chi connectivity index (χ4v) is 4.30. The second-order valence-corrected chi connectivity index (χ2v) is 7.42. The number of nitrogens with zero attached hydrogens (tertiary/aromatic N) is 1. The maximum absolute atomic E-state index is 11.6. The monoisotopic (exact) mass is 251 g/mol. The molecule has 1 spiro atoms. The van der Waals surface area contributed by atoms with Gasteiger partial charge in [0.25, 0.3) is 0 Å². The molecule has 2 rings (SSSR count). The lowest BCUT2D eigenvalue weighted by Gasteiger charge is -2.33. The lowest BCUT2D eigenvalue weighted by molar-refractivity contribution is 0.205. The van der Waals surface area contributed by atoms with Crippen LogP contribution in [-0.4, -0.2) is 31.0 Å². The van der Waals surface area contributed by atoms with Crippen molar-refractivity contribution in [2.24, 2.45) is 5.41 Å². The van der Waals surface area contributed by atoms with Gasteiger partial charge < -0.3 is 0 Å². The van der Waals surface area contributed by atoms with Gasteiger partial charge in [-0.1, -0.05) is 19.3 Å². The average molecular weight is 252 g/mol. The van der Waals surface area contributed by atoms with E-state index in [9.17, 15) is 8.42 Å². The van der Waals surface area contributed by atoms with E-state index in [0.717, 1.165) is 6.42 Å². The quantitative estimate of drug-likeness (QED) is 0.706. The molecule has 0 N–H and O–H groups in total. The summed E-state index contributed by atoms with van der Waals surface area (Å²) >= 11 is 5.47. The minimum atomic E-state index is -3.17. The molecular weight excluding hydrogens is 234 g/mol. The summed E-state index contributed by atoms with van der Waals surface area (Å²) < 4.78 is 24.8. The van der Waals surface area contributed by atoms with Gasteiger partial charge in [0.05, 0.1) is 0 Å². The van der Waals surface area contributed by atoms with Crippen LogP contribution in [0.25, 0.3) is 0 Å². The molecular formula is C10H18ClNO2S. The third-order valence-electron chi connectivity index (χ3n) is 3.85. The van der Waals surface area contributed by atoms with Gasteiger partial charge in [-0.05, 0) is 24.7 Å². The molecule has 0 atom stereocenters. The second kappa shape index (κ2) is 4.22. The zero-order valence-corrected chi connectivity index (χ0v) is 10.5. The molecule has 0 unspecified atom stereocenters. The Hall–Kier alpha value is 0.200. The molecule has 0 bridgehead atoms. The van der Waals surface area contributed by atoms with Crippen LogP contribution in [0, 0.1) is 5.41 Å². The minimum absolute atomic E-state index is 0.275. The molecule has 0 amide bonds. The van der Waals surface area contributed by atoms with Crippen molar-refractivity contribution in [1.29, 1.82) is 0 Å². The molecule has 1 aliphatic carbocycles. The summed E-state index contributed by atoms with van der Waals surface area (Å²) in [7, 11) is -3.17. The Morgan fingerprint density at radius 1 is 1.13 bits per heavy atom. The van der Waals surface area contributed by atoms with Crippen molar-refractivity contribution in [2.75, 3.05) is 18.3 Å². The van der Waals surface area contributed by atoms with E-state index in [1.165, 1.54) is 32.1 Å². The van der Waals surface area contributed by atoms with Crippen LogP contribution in [0.4, 0.5) is 0 Å². The Labute approximate surface area is 96.8 Å². The van der Waals surface area contributed by atoms with Gasteiger partial charge in [-0.2, -0.15) is 0 Å². The number of hydrogen-bond acceptors (Lipinski definition) is 2. The number of hydrogen-bond donors (Lipinski definition) is 0. The zero-order valence-electron chi connectivity index (χ0n) is 8.91. The van der Waals surface area contributed by atoms with Gasteiger partial charge in [0, 0.05) is 13.1 Å². The van der Waals surface area contributed by atoms with Crippen molar-refractivity contribution in [2.45, 2.75) is 38.5 Å². The van der Waals surface area contributed by atoms with E-state index >= 15 is 0 Å². The third kappa shape index (κ3) is 2.32. The first-order valence-electron chi connectivity index (χ1n) is 5.62. The largest absolute Gasteiger partial charge is 0.228 e. The molecule has 1 aliphatic heterocycles. The summed E-state index contributed by atoms with van der Waals surface area (Å²) in [5.41, 5.74) is 0.289. The first-order chi connectivity index (χ1) is 7.08. The van der Waals surface area contributed by atoms with Crippen molar-refractivity contribution in [3.63, 3.8) is 0 Å². The van der Waals surface area contributed by atoms with Crippen LogP contribution >= 0.6 is 11.6 Å². The van der Waals surface area contributed by atoms with E-state index in [4.69, 9.17) is 11.6 Å². The smallest absolute Gasteiger partial charge is 0.211 e. The predicted molar refractivity (Wildman–Crippen MR) is 61.3 cm³/mol. The Balaban J connectivity index is 2.05. The molecule has 0 aromatic rings. The lowest BCUT2D eigenvalue weighted by atomic mass is 9.74. The summed E-state index contributed by atoms with van der Waals surface area (Å²) in [6, 6.07) is 0. The fraction of sp³-hybridized carbons (Fsp3) is 1.00. The molecule has 15 heavy (non-hydrogen) atoms. The van der Waals surface area contributed by atoms with Gasteiger partial charge in [0.1, 0.15) is 5.21 Å². The normalized spacial score (nSPS) is 27.3. The van der Waals surface area contributed by atoms with Crippen molar-refractivity contribution in [3.8, 4) is 0 Å². The molecule has 1 saturated heterocycles. The highest BCUT2D eigenvalue weighted by molar-refractivity contribution is 7.90. The lowest BCUT2D eigenvalue weighted by Crippen LogP contribution is -2.33. The SMILES string of the molecule is O=S(=O)(CCl)N1CCC2(CCCCC2)C1. The molecule has 88 valence electrons. The van der Waals surface area contributed by atoms with Crippen molar-refractivity contribution in [1.82, 2.24) is 4.31 Å². The summed E-state index contributed by atoms with van der Waals surface area (Å²) in [6.07, 6.45) is 7.25. The Morgan fingerprint density at radius 3 is 2.40 bits per heavy atom. The molecule has 3 nitrogen and oxygen atoms in total. The maximum Gasteiger partial charge on any atom is 0.228 e. The minimum Gasteiger partial charge on any atom is -0.211 e. The number of halogens is 1. The van der Waals surface area contributed by atoms with Crippen LogP contribution in [0.2, 0.25) is 0 Å². The third-order valence-corrected chi connectivity index (χ3v) is 6.05. The van der Waals surface area contributed by atoms with E-state index in [1.54, 1.807) is 4.31 Å². The summed E-state index contributed by atoms with van der Waals surface area (Å²) in [6.45, 7) is 1.39. The van der Waals surface area contributed by atoms with Crippen molar-refractivity contribution >= 4 is 21.6 Å². The summed E-state index contributed by atoms with van der Waals surface area (Å²) in [5.74, 6) is 0.